The van der Waals surface area contributed by atoms with Gasteiger partial charge in [0.2, 0.25) is 10.0 Å². The molecular weight excluding hydrogens is 403 g/mol. The van der Waals surface area contributed by atoms with Crippen LogP contribution in [0.4, 0.5) is 0 Å². The van der Waals surface area contributed by atoms with Crippen LogP contribution in [0.2, 0.25) is 5.02 Å². The summed E-state index contributed by atoms with van der Waals surface area (Å²) >= 11 is 6.06. The molecule has 8 nitrogen and oxygen atoms in total. The minimum atomic E-state index is -3.84. The second kappa shape index (κ2) is 8.21. The topological polar surface area (TPSA) is 115 Å². The first-order valence-electron chi connectivity index (χ1n) is 7.94. The highest BCUT2D eigenvalue weighted by Crippen LogP contribution is 2.46. The fourth-order valence-electron chi connectivity index (χ4n) is 2.39. The van der Waals surface area contributed by atoms with Gasteiger partial charge in [0.25, 0.3) is 5.56 Å². The van der Waals surface area contributed by atoms with Crippen molar-refractivity contribution in [2.75, 3.05) is 19.8 Å². The van der Waals surface area contributed by atoms with E-state index in [9.17, 15) is 17.8 Å². The average Bonchev–Trinajstić information content (AvgIpc) is 2.53. The molecule has 2 rings (SSSR count). The fourth-order valence-corrected chi connectivity index (χ4v) is 5.63. The molecule has 0 aliphatic rings. The third kappa shape index (κ3) is 4.19. The zero-order valence-corrected chi connectivity index (χ0v) is 17.0. The largest absolute Gasteiger partial charge is 0.366 e. The number of H-pyrrole nitrogens is 1. The molecule has 0 atom stereocenters. The Morgan fingerprint density at radius 3 is 2.31 bits per heavy atom. The van der Waals surface area contributed by atoms with Crippen LogP contribution in [0.5, 0.6) is 0 Å². The molecule has 2 N–H and O–H groups in total. The first-order chi connectivity index (χ1) is 12.2. The van der Waals surface area contributed by atoms with E-state index in [0.29, 0.717) is 10.9 Å². The third-order valence-electron chi connectivity index (χ3n) is 3.39. The van der Waals surface area contributed by atoms with Crippen molar-refractivity contribution in [3.05, 3.63) is 33.6 Å². The molecule has 2 aromatic rings. The van der Waals surface area contributed by atoms with Crippen molar-refractivity contribution in [2.24, 2.45) is 0 Å². The van der Waals surface area contributed by atoms with Gasteiger partial charge in [-0.05, 0) is 32.0 Å². The maximum absolute atomic E-state index is 12.9. The fraction of sp³-hybridized carbons (Fsp3) is 0.400. The minimum absolute atomic E-state index is 0.0420. The lowest BCUT2D eigenvalue weighted by Gasteiger charge is -2.17. The summed E-state index contributed by atoms with van der Waals surface area (Å²) < 4.78 is 50.2. The summed E-state index contributed by atoms with van der Waals surface area (Å²) in [6.07, 6.45) is 0. The van der Waals surface area contributed by atoms with Crippen LogP contribution in [0.3, 0.4) is 0 Å². The zero-order valence-electron chi connectivity index (χ0n) is 14.5. The second-order valence-electron chi connectivity index (χ2n) is 5.19. The van der Waals surface area contributed by atoms with Crippen LogP contribution in [-0.4, -0.2) is 33.2 Å². The van der Waals surface area contributed by atoms with Gasteiger partial charge < -0.3 is 14.0 Å². The highest BCUT2D eigenvalue weighted by atomic mass is 35.5. The first kappa shape index (κ1) is 21.1. The lowest BCUT2D eigenvalue weighted by atomic mass is 10.2. The molecule has 0 aliphatic heterocycles. The van der Waals surface area contributed by atoms with Crippen molar-refractivity contribution in [1.29, 1.82) is 0 Å². The molecular formula is C15H20ClN2O6PS. The molecule has 0 radical (unpaired) electrons. The summed E-state index contributed by atoms with van der Waals surface area (Å²) in [5.74, 6) is 0. The number of fused-ring (bicyclic) bond motifs is 1. The standard InChI is InChI=1S/C15H20ClN2O6PS/c1-4-17-26(21,22)14-8-10-7-13(25(20,23-5-2)24-6-3)15(19)18-12(10)9-11(14)16/h7-9,17H,4-6H2,1-3H3,(H,18,19). The van der Waals surface area contributed by atoms with Crippen LogP contribution in [0.15, 0.2) is 27.9 Å². The Bertz CT molecular complexity index is 1010. The number of aromatic nitrogens is 1. The number of nitrogens with one attached hydrogen (secondary N) is 2. The quantitative estimate of drug-likeness (QED) is 0.631. The van der Waals surface area contributed by atoms with Crippen LogP contribution < -0.4 is 15.6 Å². The molecule has 0 unspecified atom stereocenters. The van der Waals surface area contributed by atoms with E-state index in [1.807, 2.05) is 0 Å². The van der Waals surface area contributed by atoms with Gasteiger partial charge in [0, 0.05) is 17.4 Å². The maximum atomic E-state index is 12.9. The average molecular weight is 423 g/mol. The van der Waals surface area contributed by atoms with Crippen molar-refractivity contribution in [3.8, 4) is 0 Å². The Labute approximate surface area is 156 Å². The Kier molecular flexibility index (Phi) is 6.65. The molecule has 1 aromatic heterocycles. The van der Waals surface area contributed by atoms with Gasteiger partial charge in [0.05, 0.1) is 18.2 Å². The highest BCUT2D eigenvalue weighted by molar-refractivity contribution is 7.89. The predicted octanol–water partition coefficient (Wildman–Crippen LogP) is 2.37. The molecule has 0 saturated carbocycles. The Balaban J connectivity index is 2.74. The van der Waals surface area contributed by atoms with Gasteiger partial charge in [-0.2, -0.15) is 0 Å². The Morgan fingerprint density at radius 2 is 1.77 bits per heavy atom. The van der Waals surface area contributed by atoms with E-state index in [1.54, 1.807) is 20.8 Å². The van der Waals surface area contributed by atoms with Crippen molar-refractivity contribution < 1.29 is 22.0 Å². The van der Waals surface area contributed by atoms with Gasteiger partial charge >= 0.3 is 7.60 Å². The lowest BCUT2D eigenvalue weighted by Crippen LogP contribution is -2.29. The molecule has 0 bridgehead atoms. The van der Waals surface area contributed by atoms with E-state index in [4.69, 9.17) is 20.6 Å². The number of sulfonamides is 1. The molecule has 11 heteroatoms. The van der Waals surface area contributed by atoms with Crippen molar-refractivity contribution in [2.45, 2.75) is 25.7 Å². The smallest absolute Gasteiger partial charge is 0.321 e. The predicted molar refractivity (Wildman–Crippen MR) is 101 cm³/mol. The van der Waals surface area contributed by atoms with E-state index in [1.165, 1.54) is 18.2 Å². The van der Waals surface area contributed by atoms with Crippen LogP contribution >= 0.6 is 19.2 Å². The summed E-state index contributed by atoms with van der Waals surface area (Å²) in [6.45, 7) is 5.24. The van der Waals surface area contributed by atoms with Gasteiger partial charge in [-0.1, -0.05) is 18.5 Å². The van der Waals surface area contributed by atoms with E-state index in [-0.39, 0.29) is 35.0 Å². The number of hydrogen-bond acceptors (Lipinski definition) is 6. The van der Waals surface area contributed by atoms with Gasteiger partial charge in [-0.25, -0.2) is 13.1 Å². The van der Waals surface area contributed by atoms with Crippen LogP contribution in [0, 0.1) is 0 Å². The number of hydrogen-bond donors (Lipinski definition) is 2. The molecule has 1 aromatic carbocycles. The molecule has 0 aliphatic carbocycles. The summed E-state index contributed by atoms with van der Waals surface area (Å²) in [5.41, 5.74) is -0.347. The van der Waals surface area contributed by atoms with Gasteiger partial charge in [-0.15, -0.1) is 0 Å². The number of halogens is 1. The zero-order chi connectivity index (χ0) is 19.5. The van der Waals surface area contributed by atoms with Crippen molar-refractivity contribution in [1.82, 2.24) is 9.71 Å². The molecule has 0 amide bonds. The number of rotatable bonds is 8. The summed E-state index contributed by atoms with van der Waals surface area (Å²) in [4.78, 5) is 14.8. The van der Waals surface area contributed by atoms with Crippen molar-refractivity contribution >= 4 is 45.4 Å². The van der Waals surface area contributed by atoms with Crippen LogP contribution in [0.25, 0.3) is 10.9 Å². The van der Waals surface area contributed by atoms with Crippen LogP contribution in [0.1, 0.15) is 20.8 Å². The van der Waals surface area contributed by atoms with Gasteiger partial charge in [0.1, 0.15) is 10.2 Å². The molecule has 0 saturated heterocycles. The van der Waals surface area contributed by atoms with Crippen LogP contribution in [-0.2, 0) is 23.6 Å². The molecule has 0 fully saturated rings. The van der Waals surface area contributed by atoms with E-state index < -0.39 is 23.2 Å². The number of aromatic amines is 1. The summed E-state index contributed by atoms with van der Waals surface area (Å²) in [5, 5.41) is 0.0996. The minimum Gasteiger partial charge on any atom is -0.321 e. The maximum Gasteiger partial charge on any atom is 0.366 e. The molecule has 144 valence electrons. The monoisotopic (exact) mass is 422 g/mol. The second-order valence-corrected chi connectivity index (χ2v) is 9.32. The number of pyridine rings is 1. The summed E-state index contributed by atoms with van der Waals surface area (Å²) in [7, 11) is -7.65. The lowest BCUT2D eigenvalue weighted by molar-refractivity contribution is 0.229. The Morgan fingerprint density at radius 1 is 1.15 bits per heavy atom. The highest BCUT2D eigenvalue weighted by Gasteiger charge is 2.31. The van der Waals surface area contributed by atoms with Gasteiger partial charge in [-0.3, -0.25) is 9.36 Å². The van der Waals surface area contributed by atoms with E-state index in [2.05, 4.69) is 9.71 Å². The third-order valence-corrected chi connectivity index (χ3v) is 7.52. The molecule has 1 heterocycles. The van der Waals surface area contributed by atoms with Crippen molar-refractivity contribution in [3.63, 3.8) is 0 Å². The summed E-state index contributed by atoms with van der Waals surface area (Å²) in [6, 6.07) is 3.94. The molecule has 0 spiro atoms. The Hall–Kier alpha value is -1.22. The van der Waals surface area contributed by atoms with E-state index in [0.717, 1.165) is 0 Å². The molecule has 26 heavy (non-hydrogen) atoms. The SMILES string of the molecule is CCNS(=O)(=O)c1cc2cc(P(=O)(OCC)OCC)c(=O)[nH]c2cc1Cl. The normalized spacial score (nSPS) is 12.6. The number of benzene rings is 1. The van der Waals surface area contributed by atoms with Gasteiger partial charge in [0.15, 0.2) is 0 Å². The first-order valence-corrected chi connectivity index (χ1v) is 11.3. The van der Waals surface area contributed by atoms with E-state index >= 15 is 0 Å².